The van der Waals surface area contributed by atoms with Crippen molar-refractivity contribution in [3.63, 3.8) is 0 Å². The van der Waals surface area contributed by atoms with Gasteiger partial charge in [0, 0.05) is 6.07 Å². The van der Waals surface area contributed by atoms with Gasteiger partial charge in [-0.05, 0) is 35.8 Å². The van der Waals surface area contributed by atoms with Crippen molar-refractivity contribution in [2.75, 3.05) is 6.61 Å². The number of ether oxygens (including phenoxy) is 1. The number of hydrogen-bond acceptors (Lipinski definition) is 4. The third-order valence-corrected chi connectivity index (χ3v) is 2.41. The Morgan fingerprint density at radius 3 is 2.94 bits per heavy atom. The molecule has 0 saturated carbocycles. The molecule has 0 aromatic carbocycles. The van der Waals surface area contributed by atoms with Gasteiger partial charge in [-0.25, -0.2) is 9.50 Å². The summed E-state index contributed by atoms with van der Waals surface area (Å²) < 4.78 is 7.76. The molecule has 0 bridgehead atoms. The molecule has 0 atom stereocenters. The Hall–Kier alpha value is -1.14. The summed E-state index contributed by atoms with van der Waals surface area (Å²) in [5.41, 5.74) is -0.134. The van der Waals surface area contributed by atoms with Crippen molar-refractivity contribution >= 4 is 21.6 Å². The molecular formula is C10H12BrN3O2. The quantitative estimate of drug-likeness (QED) is 0.932. The van der Waals surface area contributed by atoms with Gasteiger partial charge in [-0.15, -0.1) is 5.10 Å². The van der Waals surface area contributed by atoms with Crippen molar-refractivity contribution in [3.8, 4) is 5.88 Å². The van der Waals surface area contributed by atoms with Crippen molar-refractivity contribution in [2.45, 2.75) is 19.4 Å². The summed E-state index contributed by atoms with van der Waals surface area (Å²) in [6, 6.07) is 3.53. The Bertz CT molecular complexity index is 504. The van der Waals surface area contributed by atoms with E-state index in [2.05, 4.69) is 26.0 Å². The van der Waals surface area contributed by atoms with E-state index >= 15 is 0 Å². The second-order valence-corrected chi connectivity index (χ2v) is 4.94. The zero-order chi connectivity index (χ0) is 11.8. The fraction of sp³-hybridized carbons (Fsp3) is 0.400. The maximum Gasteiger partial charge on any atom is 0.231 e. The number of halogens is 1. The molecule has 0 radical (unpaired) electrons. The predicted octanol–water partition coefficient (Wildman–Crippen LogP) is 1.64. The average molecular weight is 286 g/mol. The van der Waals surface area contributed by atoms with Crippen LogP contribution in [0.25, 0.3) is 5.65 Å². The summed E-state index contributed by atoms with van der Waals surface area (Å²) in [7, 11) is 0. The first-order chi connectivity index (χ1) is 7.46. The topological polar surface area (TPSA) is 59.7 Å². The van der Waals surface area contributed by atoms with E-state index in [0.717, 1.165) is 10.3 Å². The number of nitrogens with zero attached hydrogens (tertiary/aromatic N) is 3. The number of rotatable bonds is 3. The van der Waals surface area contributed by atoms with Gasteiger partial charge in [0.25, 0.3) is 0 Å². The molecule has 0 aliphatic carbocycles. The van der Waals surface area contributed by atoms with E-state index in [9.17, 15) is 5.11 Å². The molecule has 86 valence electrons. The van der Waals surface area contributed by atoms with Gasteiger partial charge >= 0.3 is 0 Å². The van der Waals surface area contributed by atoms with Crippen molar-refractivity contribution in [2.24, 2.45) is 0 Å². The molecule has 1 N–H and O–H groups in total. The zero-order valence-corrected chi connectivity index (χ0v) is 10.6. The van der Waals surface area contributed by atoms with Gasteiger partial charge < -0.3 is 9.84 Å². The van der Waals surface area contributed by atoms with Crippen LogP contribution < -0.4 is 4.74 Å². The van der Waals surface area contributed by atoms with Crippen molar-refractivity contribution in [1.82, 2.24) is 14.6 Å². The van der Waals surface area contributed by atoms with Crippen LogP contribution in [0.4, 0.5) is 0 Å². The minimum absolute atomic E-state index is 0.192. The first kappa shape index (κ1) is 11.3. The second kappa shape index (κ2) is 4.03. The van der Waals surface area contributed by atoms with E-state index in [0.29, 0.717) is 5.88 Å². The standard InChI is InChI=1S/C10H12BrN3O2/c1-10(2,15)6-16-9-4-3-8-12-5-7(11)14(8)13-9/h3-5,15H,6H2,1-2H3. The molecule has 16 heavy (non-hydrogen) atoms. The summed E-state index contributed by atoms with van der Waals surface area (Å²) >= 11 is 3.32. The van der Waals surface area contributed by atoms with Gasteiger partial charge in [0.05, 0.1) is 11.8 Å². The minimum Gasteiger partial charge on any atom is -0.474 e. The first-order valence-corrected chi connectivity index (χ1v) is 5.60. The van der Waals surface area contributed by atoms with Gasteiger partial charge in [0.2, 0.25) is 5.88 Å². The van der Waals surface area contributed by atoms with E-state index in [-0.39, 0.29) is 6.61 Å². The van der Waals surface area contributed by atoms with Crippen LogP contribution >= 0.6 is 15.9 Å². The highest BCUT2D eigenvalue weighted by atomic mass is 79.9. The molecule has 0 saturated heterocycles. The molecule has 5 nitrogen and oxygen atoms in total. The lowest BCUT2D eigenvalue weighted by molar-refractivity contribution is 0.0264. The van der Waals surface area contributed by atoms with Gasteiger partial charge in [0.1, 0.15) is 11.2 Å². The third kappa shape index (κ3) is 2.51. The first-order valence-electron chi connectivity index (χ1n) is 4.81. The largest absolute Gasteiger partial charge is 0.474 e. The molecule has 2 rings (SSSR count). The number of aromatic nitrogens is 3. The number of fused-ring (bicyclic) bond motifs is 1. The van der Waals surface area contributed by atoms with E-state index in [1.165, 1.54) is 0 Å². The van der Waals surface area contributed by atoms with E-state index in [4.69, 9.17) is 4.74 Å². The average Bonchev–Trinajstić information content (AvgIpc) is 2.56. The lowest BCUT2D eigenvalue weighted by Gasteiger charge is -2.16. The molecule has 0 unspecified atom stereocenters. The Balaban J connectivity index is 2.22. The highest BCUT2D eigenvalue weighted by Crippen LogP contribution is 2.15. The summed E-state index contributed by atoms with van der Waals surface area (Å²) in [5.74, 6) is 0.452. The van der Waals surface area contributed by atoms with Crippen molar-refractivity contribution in [1.29, 1.82) is 0 Å². The molecule has 2 heterocycles. The fourth-order valence-corrected chi connectivity index (χ4v) is 1.52. The summed E-state index contributed by atoms with van der Waals surface area (Å²) in [6.07, 6.45) is 1.67. The maximum atomic E-state index is 9.53. The van der Waals surface area contributed by atoms with E-state index in [1.807, 2.05) is 0 Å². The van der Waals surface area contributed by atoms with Crippen LogP contribution in [0.15, 0.2) is 22.9 Å². The zero-order valence-electron chi connectivity index (χ0n) is 9.01. The molecule has 0 aliphatic heterocycles. The van der Waals surface area contributed by atoms with Crippen LogP contribution in [0.3, 0.4) is 0 Å². The molecule has 2 aromatic rings. The lowest BCUT2D eigenvalue weighted by atomic mass is 10.2. The Labute approximate surface area is 101 Å². The lowest BCUT2D eigenvalue weighted by Crippen LogP contribution is -2.28. The molecular weight excluding hydrogens is 274 g/mol. The maximum absolute atomic E-state index is 9.53. The molecule has 2 aromatic heterocycles. The van der Waals surface area contributed by atoms with Gasteiger partial charge in [-0.2, -0.15) is 0 Å². The van der Waals surface area contributed by atoms with Crippen LogP contribution in [0.2, 0.25) is 0 Å². The highest BCUT2D eigenvalue weighted by molar-refractivity contribution is 9.10. The van der Waals surface area contributed by atoms with Crippen molar-refractivity contribution in [3.05, 3.63) is 22.9 Å². The van der Waals surface area contributed by atoms with E-state index < -0.39 is 5.60 Å². The van der Waals surface area contributed by atoms with Crippen LogP contribution in [0.1, 0.15) is 13.8 Å². The molecule has 6 heteroatoms. The van der Waals surface area contributed by atoms with Crippen molar-refractivity contribution < 1.29 is 9.84 Å². The summed E-state index contributed by atoms with van der Waals surface area (Å²) in [4.78, 5) is 4.12. The molecule has 0 amide bonds. The monoisotopic (exact) mass is 285 g/mol. The number of aliphatic hydroxyl groups is 1. The Morgan fingerprint density at radius 1 is 1.50 bits per heavy atom. The number of hydrogen-bond donors (Lipinski definition) is 1. The smallest absolute Gasteiger partial charge is 0.231 e. The Morgan fingerprint density at radius 2 is 2.25 bits per heavy atom. The summed E-state index contributed by atoms with van der Waals surface area (Å²) in [5, 5.41) is 13.7. The van der Waals surface area contributed by atoms with Gasteiger partial charge in [-0.1, -0.05) is 0 Å². The summed E-state index contributed by atoms with van der Waals surface area (Å²) in [6.45, 7) is 3.55. The van der Waals surface area contributed by atoms with Crippen LogP contribution in [0, 0.1) is 0 Å². The van der Waals surface area contributed by atoms with Gasteiger partial charge in [0.15, 0.2) is 5.65 Å². The van der Waals surface area contributed by atoms with Crippen LogP contribution in [0.5, 0.6) is 5.88 Å². The highest BCUT2D eigenvalue weighted by Gasteiger charge is 2.14. The minimum atomic E-state index is -0.872. The van der Waals surface area contributed by atoms with Crippen LogP contribution in [-0.2, 0) is 0 Å². The molecule has 0 fully saturated rings. The Kier molecular flexibility index (Phi) is 2.86. The second-order valence-electron chi connectivity index (χ2n) is 4.12. The number of imidazole rings is 1. The van der Waals surface area contributed by atoms with Gasteiger partial charge in [-0.3, -0.25) is 0 Å². The SMILES string of the molecule is CC(C)(O)COc1ccc2ncc(Br)n2n1. The van der Waals surface area contributed by atoms with Crippen LogP contribution in [-0.4, -0.2) is 31.9 Å². The predicted molar refractivity (Wildman–Crippen MR) is 62.5 cm³/mol. The van der Waals surface area contributed by atoms with E-state index in [1.54, 1.807) is 36.7 Å². The third-order valence-electron chi connectivity index (χ3n) is 1.87. The molecule has 0 aliphatic rings. The normalized spacial score (nSPS) is 12.0. The fourth-order valence-electron chi connectivity index (χ4n) is 1.16. The molecule has 0 spiro atoms.